The topological polar surface area (TPSA) is 66.8 Å². The third kappa shape index (κ3) is 2.31. The molecule has 1 fully saturated rings. The van der Waals surface area contributed by atoms with Crippen molar-refractivity contribution in [2.75, 3.05) is 18.6 Å². The Hall–Kier alpha value is -1.88. The number of methoxy groups -OCH3 is 1. The van der Waals surface area contributed by atoms with Crippen molar-refractivity contribution >= 4 is 17.6 Å². The van der Waals surface area contributed by atoms with Gasteiger partial charge in [-0.15, -0.1) is 0 Å². The average molecular weight is 289 g/mol. The Labute approximate surface area is 123 Å². The van der Waals surface area contributed by atoms with Crippen LogP contribution < -0.4 is 4.90 Å². The third-order valence-corrected chi connectivity index (χ3v) is 4.74. The van der Waals surface area contributed by atoms with Crippen LogP contribution in [0.1, 0.15) is 37.2 Å². The van der Waals surface area contributed by atoms with Gasteiger partial charge in [0, 0.05) is 19.3 Å². The van der Waals surface area contributed by atoms with Gasteiger partial charge in [-0.05, 0) is 30.9 Å². The first kappa shape index (κ1) is 14.1. The van der Waals surface area contributed by atoms with E-state index in [9.17, 15) is 14.7 Å². The maximum Gasteiger partial charge on any atom is 0.312 e. The van der Waals surface area contributed by atoms with Gasteiger partial charge >= 0.3 is 5.97 Å². The molecule has 0 radical (unpaired) electrons. The Bertz CT molecular complexity index is 574. The molecule has 5 heteroatoms. The van der Waals surface area contributed by atoms with Gasteiger partial charge < -0.3 is 14.7 Å². The standard InChI is InChI=1S/C16H19NO4/c1-21-16(7-4-8-16)9-14(18)17-10-12(15(19)20)11-5-2-3-6-13(11)17/h2-3,5-6,12H,4,7-10H2,1H3,(H,19,20). The van der Waals surface area contributed by atoms with Crippen molar-refractivity contribution in [3.63, 3.8) is 0 Å². The summed E-state index contributed by atoms with van der Waals surface area (Å²) in [6, 6.07) is 7.25. The summed E-state index contributed by atoms with van der Waals surface area (Å²) in [5.74, 6) is -1.57. The number of carboxylic acid groups (broad SMARTS) is 1. The molecule has 21 heavy (non-hydrogen) atoms. The predicted octanol–water partition coefficient (Wildman–Crippen LogP) is 2.16. The molecule has 1 amide bonds. The number of amides is 1. The molecule has 1 heterocycles. The number of para-hydroxylation sites is 1. The zero-order valence-corrected chi connectivity index (χ0v) is 12.0. The molecule has 5 nitrogen and oxygen atoms in total. The first-order valence-corrected chi connectivity index (χ1v) is 7.23. The van der Waals surface area contributed by atoms with E-state index in [0.717, 1.165) is 30.5 Å². The van der Waals surface area contributed by atoms with Gasteiger partial charge in [-0.1, -0.05) is 18.2 Å². The van der Waals surface area contributed by atoms with Gasteiger partial charge in [-0.3, -0.25) is 9.59 Å². The fourth-order valence-corrected chi connectivity index (χ4v) is 3.25. The normalized spacial score (nSPS) is 22.5. The van der Waals surface area contributed by atoms with Gasteiger partial charge in [0.25, 0.3) is 0 Å². The lowest BCUT2D eigenvalue weighted by molar-refractivity contribution is -0.138. The Kier molecular flexibility index (Phi) is 3.45. The van der Waals surface area contributed by atoms with Crippen LogP contribution in [0.5, 0.6) is 0 Å². The zero-order chi connectivity index (χ0) is 15.0. The van der Waals surface area contributed by atoms with Crippen molar-refractivity contribution in [2.24, 2.45) is 0 Å². The number of carboxylic acids is 1. The number of carbonyl (C=O) groups excluding carboxylic acids is 1. The fourth-order valence-electron chi connectivity index (χ4n) is 3.25. The van der Waals surface area contributed by atoms with Crippen LogP contribution in [-0.2, 0) is 14.3 Å². The second kappa shape index (κ2) is 5.15. The molecule has 112 valence electrons. The van der Waals surface area contributed by atoms with E-state index >= 15 is 0 Å². The SMILES string of the molecule is COC1(CC(=O)N2CC(C(=O)O)c3ccccc32)CCC1. The molecule has 1 atom stereocenters. The van der Waals surface area contributed by atoms with E-state index in [1.54, 1.807) is 18.1 Å². The van der Waals surface area contributed by atoms with E-state index in [-0.39, 0.29) is 18.1 Å². The fraction of sp³-hybridized carbons (Fsp3) is 0.500. The van der Waals surface area contributed by atoms with Gasteiger partial charge in [0.05, 0.1) is 12.0 Å². The van der Waals surface area contributed by atoms with Crippen molar-refractivity contribution in [1.82, 2.24) is 0 Å². The second-order valence-electron chi connectivity index (χ2n) is 5.87. The average Bonchev–Trinajstić information content (AvgIpc) is 2.82. The van der Waals surface area contributed by atoms with E-state index in [0.29, 0.717) is 6.42 Å². The van der Waals surface area contributed by atoms with E-state index in [4.69, 9.17) is 4.74 Å². The highest BCUT2D eigenvalue weighted by Gasteiger charge is 2.43. The smallest absolute Gasteiger partial charge is 0.312 e. The van der Waals surface area contributed by atoms with Crippen molar-refractivity contribution < 1.29 is 19.4 Å². The summed E-state index contributed by atoms with van der Waals surface area (Å²) in [5.41, 5.74) is 1.10. The van der Waals surface area contributed by atoms with E-state index in [1.807, 2.05) is 18.2 Å². The number of rotatable bonds is 4. The number of nitrogens with zero attached hydrogens (tertiary/aromatic N) is 1. The lowest BCUT2D eigenvalue weighted by Gasteiger charge is -2.40. The summed E-state index contributed by atoms with van der Waals surface area (Å²) in [5, 5.41) is 9.33. The van der Waals surface area contributed by atoms with E-state index < -0.39 is 11.9 Å². The van der Waals surface area contributed by atoms with Gasteiger partial charge in [0.2, 0.25) is 5.91 Å². The minimum atomic E-state index is -0.886. The third-order valence-electron chi connectivity index (χ3n) is 4.74. The molecule has 1 saturated carbocycles. The molecule has 1 aliphatic carbocycles. The Balaban J connectivity index is 1.83. The number of ether oxygens (including phenoxy) is 1. The number of aliphatic carboxylic acids is 1. The first-order valence-electron chi connectivity index (χ1n) is 7.23. The molecular formula is C16H19NO4. The molecular weight excluding hydrogens is 270 g/mol. The maximum absolute atomic E-state index is 12.6. The summed E-state index contributed by atoms with van der Waals surface area (Å²) in [7, 11) is 1.64. The molecule has 1 N–H and O–H groups in total. The highest BCUT2D eigenvalue weighted by molar-refractivity contribution is 5.99. The molecule has 1 aromatic carbocycles. The Morgan fingerprint density at radius 1 is 1.38 bits per heavy atom. The van der Waals surface area contributed by atoms with E-state index in [1.165, 1.54) is 0 Å². The monoisotopic (exact) mass is 289 g/mol. The van der Waals surface area contributed by atoms with Crippen LogP contribution in [0.4, 0.5) is 5.69 Å². The minimum Gasteiger partial charge on any atom is -0.481 e. The number of hydrogen-bond donors (Lipinski definition) is 1. The van der Waals surface area contributed by atoms with Crippen LogP contribution >= 0.6 is 0 Å². The van der Waals surface area contributed by atoms with Gasteiger partial charge in [-0.2, -0.15) is 0 Å². The second-order valence-corrected chi connectivity index (χ2v) is 5.87. The Morgan fingerprint density at radius 2 is 2.10 bits per heavy atom. The minimum absolute atomic E-state index is 0.0484. The number of benzene rings is 1. The number of anilines is 1. The highest BCUT2D eigenvalue weighted by atomic mass is 16.5. The molecule has 3 rings (SSSR count). The molecule has 1 aliphatic heterocycles. The van der Waals surface area contributed by atoms with Gasteiger partial charge in [0.1, 0.15) is 5.92 Å². The van der Waals surface area contributed by atoms with Crippen molar-refractivity contribution in [2.45, 2.75) is 37.2 Å². The lowest BCUT2D eigenvalue weighted by Crippen LogP contribution is -2.45. The summed E-state index contributed by atoms with van der Waals surface area (Å²) in [4.78, 5) is 25.6. The van der Waals surface area contributed by atoms with Gasteiger partial charge in [-0.25, -0.2) is 0 Å². The summed E-state index contributed by atoms with van der Waals surface area (Å²) in [6.07, 6.45) is 3.19. The van der Waals surface area contributed by atoms with Crippen molar-refractivity contribution in [3.05, 3.63) is 29.8 Å². The first-order chi connectivity index (χ1) is 10.1. The highest BCUT2D eigenvalue weighted by Crippen LogP contribution is 2.41. The molecule has 1 unspecified atom stereocenters. The number of hydrogen-bond acceptors (Lipinski definition) is 3. The largest absolute Gasteiger partial charge is 0.481 e. The lowest BCUT2D eigenvalue weighted by atomic mass is 9.77. The number of fused-ring (bicyclic) bond motifs is 1. The predicted molar refractivity (Wildman–Crippen MR) is 77.4 cm³/mol. The summed E-state index contributed by atoms with van der Waals surface area (Å²) in [6.45, 7) is 0.216. The van der Waals surface area contributed by atoms with Crippen molar-refractivity contribution in [1.29, 1.82) is 0 Å². The summed E-state index contributed by atoms with van der Waals surface area (Å²) >= 11 is 0. The molecule has 2 aliphatic rings. The van der Waals surface area contributed by atoms with Crippen LogP contribution in [0, 0.1) is 0 Å². The van der Waals surface area contributed by atoms with Crippen LogP contribution in [0.2, 0.25) is 0 Å². The van der Waals surface area contributed by atoms with Crippen LogP contribution in [0.15, 0.2) is 24.3 Å². The zero-order valence-electron chi connectivity index (χ0n) is 12.0. The summed E-state index contributed by atoms with van der Waals surface area (Å²) < 4.78 is 5.50. The Morgan fingerprint density at radius 3 is 2.67 bits per heavy atom. The van der Waals surface area contributed by atoms with Crippen LogP contribution in [0.25, 0.3) is 0 Å². The molecule has 0 bridgehead atoms. The van der Waals surface area contributed by atoms with Gasteiger partial charge in [0.15, 0.2) is 0 Å². The van der Waals surface area contributed by atoms with Crippen LogP contribution in [-0.4, -0.2) is 36.2 Å². The molecule has 1 aromatic rings. The maximum atomic E-state index is 12.6. The van der Waals surface area contributed by atoms with Crippen molar-refractivity contribution in [3.8, 4) is 0 Å². The molecule has 0 saturated heterocycles. The van der Waals surface area contributed by atoms with E-state index in [2.05, 4.69) is 0 Å². The molecule has 0 spiro atoms. The quantitative estimate of drug-likeness (QED) is 0.922. The molecule has 0 aromatic heterocycles. The van der Waals surface area contributed by atoms with Crippen LogP contribution in [0.3, 0.4) is 0 Å². The number of carbonyl (C=O) groups is 2.